The Morgan fingerprint density at radius 2 is 1.94 bits per heavy atom. The fourth-order valence-electron chi connectivity index (χ4n) is 4.72. The fourth-order valence-corrected chi connectivity index (χ4v) is 4.72. The molecule has 35 heavy (non-hydrogen) atoms. The van der Waals surface area contributed by atoms with Gasteiger partial charge in [0.1, 0.15) is 5.82 Å². The molecule has 2 atom stereocenters. The van der Waals surface area contributed by atoms with Crippen LogP contribution >= 0.6 is 12.4 Å². The number of anilines is 1. The number of carboxylic acid groups (broad SMARTS) is 1. The van der Waals surface area contributed by atoms with Crippen molar-refractivity contribution in [3.8, 4) is 0 Å². The molecule has 3 heterocycles. The predicted molar refractivity (Wildman–Crippen MR) is 135 cm³/mol. The topological polar surface area (TPSA) is 112 Å². The number of carbonyl (C=O) groups excluding carboxylic acids is 2. The van der Waals surface area contributed by atoms with E-state index in [1.54, 1.807) is 4.90 Å². The van der Waals surface area contributed by atoms with Gasteiger partial charge in [0, 0.05) is 31.7 Å². The number of carboxylic acids is 1. The Hall–Kier alpha value is -3.13. The average molecular weight is 501 g/mol. The average Bonchev–Trinajstić information content (AvgIpc) is 2.87. The fraction of sp³-hybridized carbons (Fsp3) is 0.462. The Bertz CT molecular complexity index is 1030. The minimum Gasteiger partial charge on any atom is -0.481 e. The summed E-state index contributed by atoms with van der Waals surface area (Å²) in [4.78, 5) is 43.6. The quantitative estimate of drug-likeness (QED) is 0.512. The van der Waals surface area contributed by atoms with Gasteiger partial charge in [-0.3, -0.25) is 14.4 Å². The van der Waals surface area contributed by atoms with Gasteiger partial charge in [-0.1, -0.05) is 36.4 Å². The van der Waals surface area contributed by atoms with Gasteiger partial charge in [-0.15, -0.1) is 12.4 Å². The SMILES string of the molecule is Cl.O=C(O)C[C@H](NC(=O)[C@@H]1CCCN(C(=O)CCc2ccc3c(n2)NCCC3)C1)c1ccccc1. The molecule has 1 aromatic carbocycles. The predicted octanol–water partition coefficient (Wildman–Crippen LogP) is 3.36. The van der Waals surface area contributed by atoms with E-state index in [0.717, 1.165) is 42.9 Å². The molecule has 0 spiro atoms. The van der Waals surface area contributed by atoms with E-state index in [9.17, 15) is 19.5 Å². The summed E-state index contributed by atoms with van der Waals surface area (Å²) < 4.78 is 0. The summed E-state index contributed by atoms with van der Waals surface area (Å²) in [7, 11) is 0. The van der Waals surface area contributed by atoms with Crippen molar-refractivity contribution in [3.63, 3.8) is 0 Å². The molecule has 3 N–H and O–H groups in total. The van der Waals surface area contributed by atoms with Crippen LogP contribution in [0.15, 0.2) is 42.5 Å². The van der Waals surface area contributed by atoms with E-state index >= 15 is 0 Å². The van der Waals surface area contributed by atoms with E-state index < -0.39 is 12.0 Å². The maximum Gasteiger partial charge on any atom is 0.305 e. The van der Waals surface area contributed by atoms with Crippen LogP contribution in [0.2, 0.25) is 0 Å². The second-order valence-corrected chi connectivity index (χ2v) is 9.09. The zero-order valence-electron chi connectivity index (χ0n) is 19.7. The highest BCUT2D eigenvalue weighted by Crippen LogP contribution is 2.23. The van der Waals surface area contributed by atoms with Gasteiger partial charge in [-0.25, -0.2) is 4.98 Å². The lowest BCUT2D eigenvalue weighted by Crippen LogP contribution is -2.46. The first-order valence-electron chi connectivity index (χ1n) is 12.1. The number of aryl methyl sites for hydroxylation is 2. The lowest BCUT2D eigenvalue weighted by atomic mass is 9.95. The molecule has 2 aliphatic heterocycles. The molecule has 188 valence electrons. The number of fused-ring (bicyclic) bond motifs is 1. The smallest absolute Gasteiger partial charge is 0.305 e. The van der Waals surface area contributed by atoms with E-state index in [2.05, 4.69) is 21.7 Å². The van der Waals surface area contributed by atoms with Crippen LogP contribution in [0.5, 0.6) is 0 Å². The third kappa shape index (κ3) is 7.18. The number of pyridine rings is 1. The Balaban J connectivity index is 0.00000342. The molecule has 8 nitrogen and oxygen atoms in total. The summed E-state index contributed by atoms with van der Waals surface area (Å²) in [5, 5.41) is 15.5. The normalized spacial score (nSPS) is 17.8. The molecule has 1 saturated heterocycles. The zero-order chi connectivity index (χ0) is 23.9. The minimum absolute atomic E-state index is 0. The number of benzene rings is 1. The van der Waals surface area contributed by atoms with Crippen LogP contribution in [0.4, 0.5) is 5.82 Å². The van der Waals surface area contributed by atoms with Crippen molar-refractivity contribution < 1.29 is 19.5 Å². The molecule has 2 amide bonds. The van der Waals surface area contributed by atoms with E-state index in [4.69, 9.17) is 0 Å². The van der Waals surface area contributed by atoms with Crippen molar-refractivity contribution in [1.29, 1.82) is 0 Å². The highest BCUT2D eigenvalue weighted by molar-refractivity contribution is 5.85. The maximum absolute atomic E-state index is 13.0. The van der Waals surface area contributed by atoms with Crippen LogP contribution in [-0.4, -0.2) is 52.4 Å². The zero-order valence-corrected chi connectivity index (χ0v) is 20.6. The van der Waals surface area contributed by atoms with E-state index in [-0.39, 0.29) is 36.6 Å². The number of rotatable bonds is 8. The molecular weight excluding hydrogens is 468 g/mol. The number of hydrogen-bond acceptors (Lipinski definition) is 5. The third-order valence-corrected chi connectivity index (χ3v) is 6.59. The van der Waals surface area contributed by atoms with Crippen LogP contribution in [0.3, 0.4) is 0 Å². The van der Waals surface area contributed by atoms with Gasteiger partial charge >= 0.3 is 5.97 Å². The van der Waals surface area contributed by atoms with Crippen LogP contribution in [0, 0.1) is 5.92 Å². The molecule has 0 saturated carbocycles. The number of aliphatic carboxylic acids is 1. The van der Waals surface area contributed by atoms with Gasteiger partial charge < -0.3 is 20.6 Å². The number of amides is 2. The molecule has 0 radical (unpaired) electrons. The molecule has 2 aromatic rings. The largest absolute Gasteiger partial charge is 0.481 e. The van der Waals surface area contributed by atoms with E-state index in [0.29, 0.717) is 32.4 Å². The van der Waals surface area contributed by atoms with Crippen molar-refractivity contribution in [2.45, 2.75) is 51.0 Å². The van der Waals surface area contributed by atoms with Crippen molar-refractivity contribution in [3.05, 3.63) is 59.3 Å². The monoisotopic (exact) mass is 500 g/mol. The maximum atomic E-state index is 13.0. The number of nitrogens with zero attached hydrogens (tertiary/aromatic N) is 2. The van der Waals surface area contributed by atoms with Crippen molar-refractivity contribution in [1.82, 2.24) is 15.2 Å². The summed E-state index contributed by atoms with van der Waals surface area (Å²) in [6, 6.07) is 12.6. The van der Waals surface area contributed by atoms with Crippen molar-refractivity contribution >= 4 is 36.0 Å². The number of hydrogen-bond donors (Lipinski definition) is 3. The second-order valence-electron chi connectivity index (χ2n) is 9.09. The summed E-state index contributed by atoms with van der Waals surface area (Å²) >= 11 is 0. The lowest BCUT2D eigenvalue weighted by Gasteiger charge is -2.33. The number of halogens is 1. The van der Waals surface area contributed by atoms with Gasteiger partial charge in [0.25, 0.3) is 0 Å². The van der Waals surface area contributed by atoms with Crippen LogP contribution in [0.1, 0.15) is 55.0 Å². The van der Waals surface area contributed by atoms with E-state index in [1.165, 1.54) is 5.56 Å². The van der Waals surface area contributed by atoms with Gasteiger partial charge in [0.15, 0.2) is 0 Å². The Kier molecular flexibility index (Phi) is 9.48. The first-order chi connectivity index (χ1) is 16.5. The summed E-state index contributed by atoms with van der Waals surface area (Å²) in [5.74, 6) is -0.560. The number of aromatic nitrogens is 1. The highest BCUT2D eigenvalue weighted by atomic mass is 35.5. The Morgan fingerprint density at radius 1 is 1.14 bits per heavy atom. The molecule has 1 fully saturated rings. The third-order valence-electron chi connectivity index (χ3n) is 6.59. The van der Waals surface area contributed by atoms with Gasteiger partial charge in [0.05, 0.1) is 18.4 Å². The van der Waals surface area contributed by atoms with Crippen LogP contribution in [0.25, 0.3) is 0 Å². The lowest BCUT2D eigenvalue weighted by molar-refractivity contribution is -0.138. The standard InChI is InChI=1S/C26H32N4O4.ClH/c31-23(13-12-21-11-10-19-8-4-14-27-25(19)28-21)30-15-5-9-20(17-30)26(34)29-22(16-24(32)33)18-6-2-1-3-7-18;/h1-3,6-7,10-11,20,22H,4-5,8-9,12-17H2,(H,27,28)(H,29,34)(H,32,33);1H/t20-,22+;/m1./s1. The first kappa shape index (κ1) is 26.5. The highest BCUT2D eigenvalue weighted by Gasteiger charge is 2.30. The molecule has 1 aromatic heterocycles. The summed E-state index contributed by atoms with van der Waals surface area (Å²) in [6.45, 7) is 1.93. The Labute approximate surface area is 211 Å². The summed E-state index contributed by atoms with van der Waals surface area (Å²) in [6.07, 6.45) is 4.30. The van der Waals surface area contributed by atoms with Crippen LogP contribution in [-0.2, 0) is 27.2 Å². The number of carbonyl (C=O) groups is 3. The second kappa shape index (κ2) is 12.5. The van der Waals surface area contributed by atoms with Crippen molar-refractivity contribution in [2.75, 3.05) is 25.0 Å². The number of likely N-dealkylation sites (tertiary alicyclic amines) is 1. The molecule has 0 aliphatic carbocycles. The minimum atomic E-state index is -0.972. The van der Waals surface area contributed by atoms with Gasteiger partial charge in [-0.2, -0.15) is 0 Å². The molecule has 4 rings (SSSR count). The first-order valence-corrected chi connectivity index (χ1v) is 12.1. The molecule has 0 unspecified atom stereocenters. The van der Waals surface area contributed by atoms with Gasteiger partial charge in [0.2, 0.25) is 11.8 Å². The molecule has 0 bridgehead atoms. The molecule has 9 heteroatoms. The number of nitrogens with one attached hydrogen (secondary N) is 2. The van der Waals surface area contributed by atoms with Crippen LogP contribution < -0.4 is 10.6 Å². The van der Waals surface area contributed by atoms with E-state index in [1.807, 2.05) is 36.4 Å². The molecular formula is C26H33ClN4O4. The van der Waals surface area contributed by atoms with Crippen molar-refractivity contribution in [2.24, 2.45) is 5.92 Å². The number of piperidine rings is 1. The Morgan fingerprint density at radius 3 is 2.71 bits per heavy atom. The van der Waals surface area contributed by atoms with Gasteiger partial charge in [-0.05, 0) is 49.3 Å². The molecule has 2 aliphatic rings. The summed E-state index contributed by atoms with van der Waals surface area (Å²) in [5.41, 5.74) is 2.88.